The van der Waals surface area contributed by atoms with Gasteiger partial charge in [0.05, 0.1) is 13.2 Å². The number of fused-ring (bicyclic) bond motifs is 1. The Hall–Kier alpha value is -1.42. The number of aliphatic hydroxyl groups is 1. The molecule has 2 aliphatic carbocycles. The van der Waals surface area contributed by atoms with Gasteiger partial charge in [-0.2, -0.15) is 0 Å². The number of rotatable bonds is 11. The molecule has 26 heavy (non-hydrogen) atoms. The molecule has 0 aromatic rings. The molecule has 2 rings (SSSR count). The van der Waals surface area contributed by atoms with Crippen molar-refractivity contribution in [3.63, 3.8) is 0 Å². The zero-order valence-electron chi connectivity index (χ0n) is 16.3. The number of ketones is 1. The van der Waals surface area contributed by atoms with Gasteiger partial charge in [0.15, 0.2) is 5.78 Å². The van der Waals surface area contributed by atoms with Gasteiger partial charge in [0.25, 0.3) is 0 Å². The maximum atomic E-state index is 12.0. The number of hydrogen-bond acceptors (Lipinski definition) is 4. The lowest BCUT2D eigenvalue weighted by Crippen LogP contribution is -2.17. The van der Waals surface area contributed by atoms with Gasteiger partial charge in [-0.3, -0.25) is 9.59 Å². The predicted octanol–water partition coefficient (Wildman–Crippen LogP) is 4.37. The van der Waals surface area contributed by atoms with Crippen LogP contribution in [0.1, 0.15) is 71.1 Å². The molecule has 0 heterocycles. The predicted molar refractivity (Wildman–Crippen MR) is 103 cm³/mol. The van der Waals surface area contributed by atoms with Crippen molar-refractivity contribution in [3.05, 3.63) is 23.8 Å². The zero-order valence-corrected chi connectivity index (χ0v) is 16.3. The summed E-state index contributed by atoms with van der Waals surface area (Å²) >= 11 is 0. The molecule has 0 aromatic carbocycles. The van der Waals surface area contributed by atoms with E-state index in [0.717, 1.165) is 51.4 Å². The fourth-order valence-electron chi connectivity index (χ4n) is 4.37. The number of ether oxygens (including phenoxy) is 1. The number of carbonyl (C=O) groups is 2. The molecule has 0 radical (unpaired) electrons. The number of allylic oxidation sites excluding steroid dienone is 3. The zero-order chi connectivity index (χ0) is 18.9. The van der Waals surface area contributed by atoms with Crippen LogP contribution in [-0.2, 0) is 14.3 Å². The summed E-state index contributed by atoms with van der Waals surface area (Å²) in [6.45, 7) is 2.13. The fourth-order valence-corrected chi connectivity index (χ4v) is 4.37. The number of esters is 1. The van der Waals surface area contributed by atoms with Gasteiger partial charge in [0.2, 0.25) is 0 Å². The first-order valence-corrected chi connectivity index (χ1v) is 10.2. The van der Waals surface area contributed by atoms with Crippen molar-refractivity contribution in [2.24, 2.45) is 17.8 Å². The largest absolute Gasteiger partial charge is 0.469 e. The minimum absolute atomic E-state index is 0.0962. The minimum atomic E-state index is -0.332. The van der Waals surface area contributed by atoms with Crippen LogP contribution in [0.3, 0.4) is 0 Å². The second kappa shape index (κ2) is 10.7. The Morgan fingerprint density at radius 3 is 2.73 bits per heavy atom. The van der Waals surface area contributed by atoms with E-state index in [1.54, 1.807) is 6.08 Å². The lowest BCUT2D eigenvalue weighted by Gasteiger charge is -2.18. The van der Waals surface area contributed by atoms with Gasteiger partial charge in [-0.15, -0.1) is 0 Å². The van der Waals surface area contributed by atoms with E-state index in [4.69, 9.17) is 0 Å². The molecule has 0 saturated heterocycles. The van der Waals surface area contributed by atoms with Crippen molar-refractivity contribution in [1.29, 1.82) is 0 Å². The van der Waals surface area contributed by atoms with Gasteiger partial charge in [0.1, 0.15) is 0 Å². The third-order valence-corrected chi connectivity index (χ3v) is 5.84. The SMILES string of the molecule is CCCCCC(=O)C=CC1C(O)C[C@H]2C=C(CCCCC(=O)OC)C[C@H]12. The molecular weight excluding hydrogens is 328 g/mol. The van der Waals surface area contributed by atoms with Crippen LogP contribution in [-0.4, -0.2) is 30.1 Å². The summed E-state index contributed by atoms with van der Waals surface area (Å²) < 4.78 is 4.67. The Morgan fingerprint density at radius 2 is 2.00 bits per heavy atom. The highest BCUT2D eigenvalue weighted by atomic mass is 16.5. The fraction of sp³-hybridized carbons (Fsp3) is 0.727. The summed E-state index contributed by atoms with van der Waals surface area (Å²) in [4.78, 5) is 23.1. The van der Waals surface area contributed by atoms with Crippen molar-refractivity contribution < 1.29 is 19.4 Å². The number of unbranched alkanes of at least 4 members (excludes halogenated alkanes) is 3. The maximum absolute atomic E-state index is 12.0. The van der Waals surface area contributed by atoms with Gasteiger partial charge in [-0.05, 0) is 56.4 Å². The van der Waals surface area contributed by atoms with E-state index in [0.29, 0.717) is 24.7 Å². The van der Waals surface area contributed by atoms with E-state index in [1.807, 2.05) is 6.08 Å². The Kier molecular flexibility index (Phi) is 8.56. The molecule has 1 N–H and O–H groups in total. The third-order valence-electron chi connectivity index (χ3n) is 5.84. The molecule has 0 spiro atoms. The normalized spacial score (nSPS) is 27.6. The molecule has 146 valence electrons. The van der Waals surface area contributed by atoms with Crippen LogP contribution in [0.2, 0.25) is 0 Å². The van der Waals surface area contributed by atoms with E-state index in [-0.39, 0.29) is 23.8 Å². The Bertz CT molecular complexity index is 534. The summed E-state index contributed by atoms with van der Waals surface area (Å²) in [5, 5.41) is 10.4. The molecule has 2 unspecified atom stereocenters. The minimum Gasteiger partial charge on any atom is -0.469 e. The van der Waals surface area contributed by atoms with Crippen LogP contribution in [0.25, 0.3) is 0 Å². The Labute approximate surface area is 157 Å². The quantitative estimate of drug-likeness (QED) is 0.257. The first-order valence-electron chi connectivity index (χ1n) is 10.2. The second-order valence-corrected chi connectivity index (χ2v) is 7.80. The summed E-state index contributed by atoms with van der Waals surface area (Å²) in [5.74, 6) is 1.01. The van der Waals surface area contributed by atoms with Crippen LogP contribution in [0.15, 0.2) is 23.8 Å². The summed E-state index contributed by atoms with van der Waals surface area (Å²) in [5.41, 5.74) is 1.45. The van der Waals surface area contributed by atoms with Crippen LogP contribution >= 0.6 is 0 Å². The summed E-state index contributed by atoms with van der Waals surface area (Å²) in [6.07, 6.45) is 14.7. The van der Waals surface area contributed by atoms with Crippen LogP contribution in [0.5, 0.6) is 0 Å². The van der Waals surface area contributed by atoms with Crippen molar-refractivity contribution in [2.45, 2.75) is 77.2 Å². The molecule has 1 fully saturated rings. The molecular formula is C22H34O4. The highest BCUT2D eigenvalue weighted by Gasteiger charge is 2.43. The van der Waals surface area contributed by atoms with Crippen LogP contribution < -0.4 is 0 Å². The standard InChI is InChI=1S/C22H34O4/c1-3-4-5-9-18(23)11-12-19-20-14-16(13-17(20)15-21(19)24)8-6-7-10-22(25)26-2/h11-13,17,19-21,24H,3-10,14-15H2,1-2H3/t17-,19?,20+,21?/m1/s1. The van der Waals surface area contributed by atoms with Gasteiger partial charge in [-0.1, -0.05) is 37.5 Å². The molecule has 2 aliphatic rings. The highest BCUT2D eigenvalue weighted by molar-refractivity contribution is 5.89. The lowest BCUT2D eigenvalue weighted by atomic mass is 9.88. The molecule has 0 aromatic heterocycles. The first kappa shape index (κ1) is 20.9. The number of hydrogen-bond donors (Lipinski definition) is 1. The van der Waals surface area contributed by atoms with Gasteiger partial charge in [-0.25, -0.2) is 0 Å². The molecule has 1 saturated carbocycles. The summed E-state index contributed by atoms with van der Waals surface area (Å²) in [7, 11) is 1.43. The van der Waals surface area contributed by atoms with Crippen molar-refractivity contribution >= 4 is 11.8 Å². The second-order valence-electron chi connectivity index (χ2n) is 7.80. The van der Waals surface area contributed by atoms with Gasteiger partial charge < -0.3 is 9.84 Å². The van der Waals surface area contributed by atoms with Crippen molar-refractivity contribution in [2.75, 3.05) is 7.11 Å². The average molecular weight is 363 g/mol. The molecule has 4 heteroatoms. The third kappa shape index (κ3) is 6.08. The van der Waals surface area contributed by atoms with E-state index in [2.05, 4.69) is 17.7 Å². The van der Waals surface area contributed by atoms with Gasteiger partial charge >= 0.3 is 5.97 Å². The molecule has 0 amide bonds. The molecule has 4 nitrogen and oxygen atoms in total. The number of carbonyl (C=O) groups excluding carboxylic acids is 2. The van der Waals surface area contributed by atoms with E-state index < -0.39 is 0 Å². The van der Waals surface area contributed by atoms with E-state index in [1.165, 1.54) is 12.7 Å². The lowest BCUT2D eigenvalue weighted by molar-refractivity contribution is -0.140. The van der Waals surface area contributed by atoms with Crippen molar-refractivity contribution in [1.82, 2.24) is 0 Å². The van der Waals surface area contributed by atoms with E-state index >= 15 is 0 Å². The van der Waals surface area contributed by atoms with Gasteiger partial charge in [0, 0.05) is 18.8 Å². The topological polar surface area (TPSA) is 63.6 Å². The molecule has 0 bridgehead atoms. The van der Waals surface area contributed by atoms with Crippen LogP contribution in [0.4, 0.5) is 0 Å². The van der Waals surface area contributed by atoms with E-state index in [9.17, 15) is 14.7 Å². The smallest absolute Gasteiger partial charge is 0.305 e. The average Bonchev–Trinajstić information content (AvgIpc) is 3.13. The molecule has 0 aliphatic heterocycles. The summed E-state index contributed by atoms with van der Waals surface area (Å²) in [6, 6.07) is 0. The Morgan fingerprint density at radius 1 is 1.23 bits per heavy atom. The number of aliphatic hydroxyl groups excluding tert-OH is 1. The molecule has 4 atom stereocenters. The monoisotopic (exact) mass is 362 g/mol. The van der Waals surface area contributed by atoms with Crippen LogP contribution in [0, 0.1) is 17.8 Å². The van der Waals surface area contributed by atoms with Crippen molar-refractivity contribution in [3.8, 4) is 0 Å². The first-order chi connectivity index (χ1) is 12.5. The number of methoxy groups -OCH3 is 1. The highest BCUT2D eigenvalue weighted by Crippen LogP contribution is 2.48. The maximum Gasteiger partial charge on any atom is 0.305 e. The Balaban J connectivity index is 1.77.